The summed E-state index contributed by atoms with van der Waals surface area (Å²) in [5, 5.41) is 10.2. The van der Waals surface area contributed by atoms with Crippen LogP contribution in [0.2, 0.25) is 0 Å². The lowest BCUT2D eigenvalue weighted by Gasteiger charge is -2.14. The average molecular weight is 485 g/mol. The second kappa shape index (κ2) is 9.27. The van der Waals surface area contributed by atoms with E-state index >= 15 is 0 Å². The molecule has 0 radical (unpaired) electrons. The minimum absolute atomic E-state index is 0.0288. The lowest BCUT2D eigenvalue weighted by atomic mass is 10.2. The number of benzene rings is 2. The van der Waals surface area contributed by atoms with E-state index in [-0.39, 0.29) is 23.2 Å². The molecule has 3 rings (SSSR count). The van der Waals surface area contributed by atoms with Gasteiger partial charge in [-0.3, -0.25) is 4.68 Å². The van der Waals surface area contributed by atoms with Gasteiger partial charge in [-0.15, -0.1) is 0 Å². The Morgan fingerprint density at radius 1 is 1.24 bits per heavy atom. The van der Waals surface area contributed by atoms with Gasteiger partial charge in [0.25, 0.3) is 0 Å². The van der Waals surface area contributed by atoms with Crippen molar-refractivity contribution in [1.29, 1.82) is 0 Å². The largest absolute Gasteiger partial charge is 0.433 e. The van der Waals surface area contributed by atoms with Gasteiger partial charge in [-0.2, -0.15) is 13.9 Å². The molecule has 0 atom stereocenters. The van der Waals surface area contributed by atoms with Crippen molar-refractivity contribution in [3.8, 4) is 5.75 Å². The second-order valence-electron chi connectivity index (χ2n) is 6.07. The topological polar surface area (TPSA) is 51.1 Å². The van der Waals surface area contributed by atoms with Gasteiger partial charge in [0.1, 0.15) is 11.6 Å². The Morgan fingerprint density at radius 3 is 2.72 bits per heavy atom. The zero-order valence-electron chi connectivity index (χ0n) is 15.1. The molecular weight excluding hydrogens is 469 g/mol. The summed E-state index contributed by atoms with van der Waals surface area (Å²) >= 11 is 8.63. The van der Waals surface area contributed by atoms with E-state index in [1.165, 1.54) is 12.1 Å². The normalized spacial score (nSPS) is 10.8. The zero-order valence-corrected chi connectivity index (χ0v) is 17.5. The van der Waals surface area contributed by atoms with Crippen LogP contribution in [0.1, 0.15) is 11.1 Å². The van der Waals surface area contributed by atoms with Crippen LogP contribution in [-0.2, 0) is 6.54 Å². The quantitative estimate of drug-likeness (QED) is 0.449. The maximum absolute atomic E-state index is 13.8. The molecule has 0 spiro atoms. The Kier molecular flexibility index (Phi) is 6.75. The second-order valence-corrected chi connectivity index (χ2v) is 7.33. The Labute approximate surface area is 179 Å². The van der Waals surface area contributed by atoms with Crippen LogP contribution < -0.4 is 15.4 Å². The van der Waals surface area contributed by atoms with E-state index in [1.54, 1.807) is 41.2 Å². The fourth-order valence-corrected chi connectivity index (χ4v) is 3.19. The van der Waals surface area contributed by atoms with Crippen LogP contribution in [0, 0.1) is 12.7 Å². The lowest BCUT2D eigenvalue weighted by molar-refractivity contribution is -0.0493. The Balaban J connectivity index is 1.71. The molecule has 29 heavy (non-hydrogen) atoms. The first kappa shape index (κ1) is 21.1. The van der Waals surface area contributed by atoms with Crippen LogP contribution in [0.25, 0.3) is 0 Å². The summed E-state index contributed by atoms with van der Waals surface area (Å²) in [6.07, 6.45) is 1.68. The zero-order chi connectivity index (χ0) is 21.0. The van der Waals surface area contributed by atoms with Crippen molar-refractivity contribution in [3.05, 3.63) is 70.1 Å². The number of halogens is 4. The molecule has 10 heteroatoms. The molecule has 3 aromatic rings. The Bertz CT molecular complexity index is 1030. The van der Waals surface area contributed by atoms with Crippen LogP contribution in [0.5, 0.6) is 5.75 Å². The van der Waals surface area contributed by atoms with Gasteiger partial charge in [-0.25, -0.2) is 4.39 Å². The van der Waals surface area contributed by atoms with Crippen molar-refractivity contribution in [1.82, 2.24) is 9.78 Å². The van der Waals surface area contributed by atoms with Crippen molar-refractivity contribution in [2.45, 2.75) is 20.1 Å². The molecule has 2 N–H and O–H groups in total. The minimum Gasteiger partial charge on any atom is -0.433 e. The number of alkyl halides is 2. The molecule has 152 valence electrons. The van der Waals surface area contributed by atoms with E-state index in [1.807, 2.05) is 6.92 Å². The lowest BCUT2D eigenvalue weighted by Crippen LogP contribution is -2.20. The van der Waals surface area contributed by atoms with Gasteiger partial charge in [0.15, 0.2) is 10.9 Å². The van der Waals surface area contributed by atoms with Crippen molar-refractivity contribution in [2.75, 3.05) is 10.6 Å². The highest BCUT2D eigenvalue weighted by Crippen LogP contribution is 2.28. The number of rotatable bonds is 6. The highest BCUT2D eigenvalue weighted by atomic mass is 79.9. The third kappa shape index (κ3) is 5.70. The van der Waals surface area contributed by atoms with Crippen LogP contribution in [0.3, 0.4) is 0 Å². The summed E-state index contributed by atoms with van der Waals surface area (Å²) in [6.45, 7) is -0.908. The molecule has 2 aromatic carbocycles. The number of nitrogens with one attached hydrogen (secondary N) is 2. The number of anilines is 2. The van der Waals surface area contributed by atoms with Crippen molar-refractivity contribution in [3.63, 3.8) is 0 Å². The molecule has 1 heterocycles. The first-order valence-corrected chi connectivity index (χ1v) is 9.62. The fourth-order valence-electron chi connectivity index (χ4n) is 2.57. The molecule has 5 nitrogen and oxygen atoms in total. The average Bonchev–Trinajstić information content (AvgIpc) is 2.98. The minimum atomic E-state index is -2.96. The predicted molar refractivity (Wildman–Crippen MR) is 113 cm³/mol. The molecule has 0 aliphatic carbocycles. The summed E-state index contributed by atoms with van der Waals surface area (Å²) < 4.78 is 45.7. The number of hydrogen-bond donors (Lipinski definition) is 2. The third-order valence-electron chi connectivity index (χ3n) is 3.84. The van der Waals surface area contributed by atoms with Gasteiger partial charge in [0.2, 0.25) is 0 Å². The summed E-state index contributed by atoms with van der Waals surface area (Å²) in [5.74, 6) is 0.0403. The van der Waals surface area contributed by atoms with Crippen LogP contribution in [-0.4, -0.2) is 21.5 Å². The van der Waals surface area contributed by atoms with Gasteiger partial charge in [0.05, 0.1) is 16.7 Å². The maximum Gasteiger partial charge on any atom is 0.387 e. The number of aryl methyl sites for hydroxylation is 1. The van der Waals surface area contributed by atoms with Gasteiger partial charge in [0, 0.05) is 11.8 Å². The van der Waals surface area contributed by atoms with Gasteiger partial charge in [-0.05, 0) is 58.8 Å². The van der Waals surface area contributed by atoms with Gasteiger partial charge in [-0.1, -0.05) is 24.3 Å². The van der Waals surface area contributed by atoms with Crippen LogP contribution in [0.4, 0.5) is 24.7 Å². The Morgan fingerprint density at radius 2 is 2.00 bits per heavy atom. The van der Waals surface area contributed by atoms with Crippen molar-refractivity contribution in [2.24, 2.45) is 0 Å². The summed E-state index contributed by atoms with van der Waals surface area (Å²) in [4.78, 5) is 0. The number of aromatic nitrogens is 2. The number of nitrogens with zero attached hydrogens (tertiary/aromatic N) is 2. The molecule has 0 bridgehead atoms. The molecule has 0 fully saturated rings. The van der Waals surface area contributed by atoms with E-state index in [0.717, 1.165) is 5.56 Å². The molecule has 1 aromatic heterocycles. The van der Waals surface area contributed by atoms with Gasteiger partial charge >= 0.3 is 6.61 Å². The number of hydrogen-bond acceptors (Lipinski definition) is 3. The van der Waals surface area contributed by atoms with E-state index in [0.29, 0.717) is 21.5 Å². The predicted octanol–water partition coefficient (Wildman–Crippen LogP) is 5.55. The number of ether oxygens (including phenoxy) is 1. The van der Waals surface area contributed by atoms with Crippen molar-refractivity contribution < 1.29 is 17.9 Å². The van der Waals surface area contributed by atoms with Gasteiger partial charge < -0.3 is 15.4 Å². The number of thiocarbonyl (C=S) groups is 1. The first-order chi connectivity index (χ1) is 13.8. The third-order valence-corrected chi connectivity index (χ3v) is 4.62. The standard InChI is InChI=1S/C19H16BrF3N4OS/c1-11-6-7-16(28-18(22)23)15(8-11)24-19(29)25-17-13(20)10-27(26-17)9-12-4-2-3-5-14(12)21/h2-8,10,18H,9H2,1H3,(H2,24,25,26,29). The maximum atomic E-state index is 13.8. The SMILES string of the molecule is Cc1ccc(OC(F)F)c(NC(=S)Nc2nn(Cc3ccccc3F)cc2Br)c1. The van der Waals surface area contributed by atoms with E-state index in [9.17, 15) is 13.2 Å². The molecule has 0 amide bonds. The molecule has 0 aliphatic rings. The first-order valence-electron chi connectivity index (χ1n) is 8.41. The highest BCUT2D eigenvalue weighted by molar-refractivity contribution is 9.10. The highest BCUT2D eigenvalue weighted by Gasteiger charge is 2.14. The monoisotopic (exact) mass is 484 g/mol. The van der Waals surface area contributed by atoms with Crippen LogP contribution >= 0.6 is 28.1 Å². The fraction of sp³-hybridized carbons (Fsp3) is 0.158. The molecule has 0 saturated heterocycles. The summed E-state index contributed by atoms with van der Waals surface area (Å²) in [6, 6.07) is 11.1. The summed E-state index contributed by atoms with van der Waals surface area (Å²) in [7, 11) is 0. The molecule has 0 aliphatic heterocycles. The van der Waals surface area contributed by atoms with Crippen LogP contribution in [0.15, 0.2) is 53.1 Å². The molecular formula is C19H16BrF3N4OS. The van der Waals surface area contributed by atoms with E-state index < -0.39 is 6.61 Å². The van der Waals surface area contributed by atoms with E-state index in [4.69, 9.17) is 12.2 Å². The molecule has 0 saturated carbocycles. The molecule has 0 unspecified atom stereocenters. The van der Waals surface area contributed by atoms with Crippen molar-refractivity contribution >= 4 is 44.8 Å². The van der Waals surface area contributed by atoms with E-state index in [2.05, 4.69) is 36.4 Å². The summed E-state index contributed by atoms with van der Waals surface area (Å²) in [5.41, 5.74) is 1.63. The Hall–Kier alpha value is -2.59. The smallest absolute Gasteiger partial charge is 0.387 e.